The fourth-order valence-corrected chi connectivity index (χ4v) is 3.22. The summed E-state index contributed by atoms with van der Waals surface area (Å²) in [7, 11) is 0. The number of hydrogen-bond acceptors (Lipinski definition) is 6. The van der Waals surface area contributed by atoms with E-state index in [0.29, 0.717) is 24.0 Å². The molecule has 28 heavy (non-hydrogen) atoms. The minimum Gasteiger partial charge on any atom is -0.292 e. The van der Waals surface area contributed by atoms with E-state index in [1.807, 2.05) is 12.1 Å². The van der Waals surface area contributed by atoms with Crippen molar-refractivity contribution in [3.8, 4) is 0 Å². The van der Waals surface area contributed by atoms with Gasteiger partial charge in [-0.1, -0.05) is 49.2 Å². The fourth-order valence-electron chi connectivity index (χ4n) is 3.22. The molecule has 2 atom stereocenters. The van der Waals surface area contributed by atoms with Gasteiger partial charge in [-0.3, -0.25) is 9.78 Å². The lowest BCUT2D eigenvalue weighted by atomic mass is 9.74. The summed E-state index contributed by atoms with van der Waals surface area (Å²) in [5.74, 6) is -1.17. The summed E-state index contributed by atoms with van der Waals surface area (Å²) in [6, 6.07) is 17.2. The van der Waals surface area contributed by atoms with Crippen LogP contribution in [-0.4, -0.2) is 23.1 Å². The molecule has 0 spiro atoms. The normalized spacial score (nSPS) is 24.4. The molecule has 0 aromatic heterocycles. The van der Waals surface area contributed by atoms with Crippen molar-refractivity contribution in [3.05, 3.63) is 71.8 Å². The summed E-state index contributed by atoms with van der Waals surface area (Å²) >= 11 is 0. The van der Waals surface area contributed by atoms with Gasteiger partial charge in [0.05, 0.1) is 11.1 Å². The molecule has 3 rings (SSSR count). The monoisotopic (exact) mass is 384 g/mol. The molecule has 0 amide bonds. The Morgan fingerprint density at radius 1 is 0.679 bits per heavy atom. The van der Waals surface area contributed by atoms with Gasteiger partial charge in [0, 0.05) is 0 Å². The van der Waals surface area contributed by atoms with Crippen molar-refractivity contribution >= 4 is 11.9 Å². The average Bonchev–Trinajstić information content (AvgIpc) is 2.74. The predicted molar refractivity (Wildman–Crippen MR) is 101 cm³/mol. The van der Waals surface area contributed by atoms with E-state index in [2.05, 4.69) is 0 Å². The van der Waals surface area contributed by atoms with Gasteiger partial charge in [-0.15, -0.1) is 0 Å². The fraction of sp³-hybridized carbons (Fsp3) is 0.364. The van der Waals surface area contributed by atoms with Crippen LogP contribution >= 0.6 is 0 Å². The molecule has 0 N–H and O–H groups in total. The van der Waals surface area contributed by atoms with Gasteiger partial charge in [-0.25, -0.2) is 9.59 Å². The van der Waals surface area contributed by atoms with Gasteiger partial charge < -0.3 is 0 Å². The quantitative estimate of drug-likeness (QED) is 0.533. The highest BCUT2D eigenvalue weighted by Gasteiger charge is 2.53. The molecule has 1 aliphatic rings. The maximum Gasteiger partial charge on any atom is 0.373 e. The topological polar surface area (TPSA) is 71.1 Å². The van der Waals surface area contributed by atoms with Crippen LogP contribution in [0.15, 0.2) is 60.7 Å². The third-order valence-corrected chi connectivity index (χ3v) is 5.30. The predicted octanol–water partition coefficient (Wildman–Crippen LogP) is 4.66. The molecule has 1 saturated carbocycles. The molecule has 2 unspecified atom stereocenters. The lowest BCUT2D eigenvalue weighted by Crippen LogP contribution is -2.56. The van der Waals surface area contributed by atoms with Crippen molar-refractivity contribution in [1.82, 2.24) is 0 Å². The molecule has 1 aliphatic carbocycles. The lowest BCUT2D eigenvalue weighted by molar-refractivity contribution is -0.418. The Bertz CT molecular complexity index is 737. The van der Waals surface area contributed by atoms with Gasteiger partial charge in [0.25, 0.3) is 0 Å². The minimum absolute atomic E-state index is 0.389. The summed E-state index contributed by atoms with van der Waals surface area (Å²) in [5, 5.41) is 0. The summed E-state index contributed by atoms with van der Waals surface area (Å²) < 4.78 is 0. The lowest BCUT2D eigenvalue weighted by Gasteiger charge is -2.45. The Labute approximate surface area is 164 Å². The molecular weight excluding hydrogens is 360 g/mol. The van der Waals surface area contributed by atoms with E-state index in [4.69, 9.17) is 19.6 Å². The third kappa shape index (κ3) is 4.40. The van der Waals surface area contributed by atoms with Gasteiger partial charge in [0.1, 0.15) is 11.2 Å². The molecule has 2 aromatic rings. The molecule has 0 radical (unpaired) electrons. The van der Waals surface area contributed by atoms with Crippen LogP contribution in [0.5, 0.6) is 0 Å². The van der Waals surface area contributed by atoms with Crippen molar-refractivity contribution in [1.29, 1.82) is 0 Å². The second-order valence-corrected chi connectivity index (χ2v) is 7.31. The first kappa shape index (κ1) is 20.0. The van der Waals surface area contributed by atoms with Crippen molar-refractivity contribution in [2.75, 3.05) is 0 Å². The zero-order valence-corrected chi connectivity index (χ0v) is 16.1. The SMILES string of the molecule is CC1(OOC(=O)c2ccccc2)CCCCC1(C)OOC(=O)c1ccccc1. The van der Waals surface area contributed by atoms with Crippen molar-refractivity contribution < 1.29 is 29.1 Å². The largest absolute Gasteiger partial charge is 0.373 e. The first-order chi connectivity index (χ1) is 13.4. The highest BCUT2D eigenvalue weighted by molar-refractivity contribution is 5.89. The maximum atomic E-state index is 12.2. The number of hydrogen-bond donors (Lipinski definition) is 0. The van der Waals surface area contributed by atoms with Crippen LogP contribution in [0, 0.1) is 0 Å². The summed E-state index contributed by atoms with van der Waals surface area (Å²) in [5.41, 5.74) is -1.15. The van der Waals surface area contributed by atoms with Gasteiger partial charge in [0.15, 0.2) is 0 Å². The van der Waals surface area contributed by atoms with Crippen molar-refractivity contribution in [3.63, 3.8) is 0 Å². The van der Waals surface area contributed by atoms with Crippen LogP contribution in [-0.2, 0) is 19.6 Å². The van der Waals surface area contributed by atoms with Crippen LogP contribution < -0.4 is 0 Å². The van der Waals surface area contributed by atoms with E-state index < -0.39 is 23.1 Å². The molecule has 148 valence electrons. The third-order valence-electron chi connectivity index (χ3n) is 5.30. The molecule has 1 fully saturated rings. The van der Waals surface area contributed by atoms with Crippen LogP contribution in [0.2, 0.25) is 0 Å². The molecule has 0 heterocycles. The zero-order valence-electron chi connectivity index (χ0n) is 16.1. The number of rotatable bonds is 6. The number of carbonyl (C=O) groups excluding carboxylic acids is 2. The average molecular weight is 384 g/mol. The molecule has 2 aromatic carbocycles. The summed E-state index contributed by atoms with van der Waals surface area (Å²) in [4.78, 5) is 45.8. The minimum atomic E-state index is -0.966. The number of carbonyl (C=O) groups is 2. The van der Waals surface area contributed by atoms with Gasteiger partial charge >= 0.3 is 11.9 Å². The summed E-state index contributed by atoms with van der Waals surface area (Å²) in [6.07, 6.45) is 2.94. The maximum absolute atomic E-state index is 12.2. The Hall–Kier alpha value is -2.70. The van der Waals surface area contributed by atoms with Gasteiger partial charge in [0.2, 0.25) is 0 Å². The van der Waals surface area contributed by atoms with E-state index in [1.54, 1.807) is 62.4 Å². The van der Waals surface area contributed by atoms with Crippen molar-refractivity contribution in [2.45, 2.75) is 50.7 Å². The van der Waals surface area contributed by atoms with Crippen LogP contribution in [0.3, 0.4) is 0 Å². The van der Waals surface area contributed by atoms with E-state index in [-0.39, 0.29) is 0 Å². The van der Waals surface area contributed by atoms with Crippen LogP contribution in [0.4, 0.5) is 0 Å². The van der Waals surface area contributed by atoms with E-state index >= 15 is 0 Å². The Morgan fingerprint density at radius 3 is 1.39 bits per heavy atom. The highest BCUT2D eigenvalue weighted by Crippen LogP contribution is 2.43. The van der Waals surface area contributed by atoms with Gasteiger partial charge in [-0.05, 0) is 51.0 Å². The Morgan fingerprint density at radius 2 is 1.04 bits per heavy atom. The van der Waals surface area contributed by atoms with E-state index in [1.165, 1.54) is 0 Å². The second-order valence-electron chi connectivity index (χ2n) is 7.31. The number of benzene rings is 2. The smallest absolute Gasteiger partial charge is 0.292 e. The standard InChI is InChI=1S/C22H24O6/c1-21(27-25-19(23)17-11-5-3-6-12-17)15-9-10-16-22(21,2)28-26-20(24)18-13-7-4-8-14-18/h3-8,11-14H,9-10,15-16H2,1-2H3. The molecule has 6 heteroatoms. The second kappa shape index (κ2) is 8.54. The molecule has 0 saturated heterocycles. The highest BCUT2D eigenvalue weighted by atomic mass is 17.2. The summed E-state index contributed by atoms with van der Waals surface area (Å²) in [6.45, 7) is 3.58. The molecular formula is C22H24O6. The molecule has 0 aliphatic heterocycles. The molecule has 6 nitrogen and oxygen atoms in total. The first-order valence-electron chi connectivity index (χ1n) is 9.34. The van der Waals surface area contributed by atoms with Gasteiger partial charge in [-0.2, -0.15) is 9.78 Å². The van der Waals surface area contributed by atoms with E-state index in [0.717, 1.165) is 12.8 Å². The van der Waals surface area contributed by atoms with E-state index in [9.17, 15) is 9.59 Å². The van der Waals surface area contributed by atoms with Crippen LogP contribution in [0.25, 0.3) is 0 Å². The first-order valence-corrected chi connectivity index (χ1v) is 9.34. The van der Waals surface area contributed by atoms with Crippen LogP contribution in [0.1, 0.15) is 60.2 Å². The Kier molecular flexibility index (Phi) is 6.11. The van der Waals surface area contributed by atoms with Crippen molar-refractivity contribution in [2.24, 2.45) is 0 Å². The molecule has 0 bridgehead atoms. The Balaban J connectivity index is 1.65. The zero-order chi connectivity index (χ0) is 20.0.